The van der Waals surface area contributed by atoms with Crippen LogP contribution in [0.5, 0.6) is 5.75 Å². The highest BCUT2D eigenvalue weighted by molar-refractivity contribution is 5.54. The van der Waals surface area contributed by atoms with Gasteiger partial charge in [-0.3, -0.25) is 0 Å². The number of rotatable bonds is 5. The van der Waals surface area contributed by atoms with Crippen LogP contribution in [0.1, 0.15) is 31.9 Å². The molecular weight excluding hydrogens is 214 g/mol. The van der Waals surface area contributed by atoms with E-state index >= 15 is 0 Å². The Balaban J connectivity index is 2.29. The van der Waals surface area contributed by atoms with E-state index in [2.05, 4.69) is 25.0 Å². The van der Waals surface area contributed by atoms with Crippen LogP contribution < -0.4 is 10.5 Å². The molecule has 0 aliphatic rings. The van der Waals surface area contributed by atoms with Crippen LogP contribution in [0, 0.1) is 0 Å². The molecule has 0 aliphatic heterocycles. The Kier molecular flexibility index (Phi) is 3.64. The van der Waals surface area contributed by atoms with E-state index in [0.717, 1.165) is 23.5 Å². The average molecular weight is 233 g/mol. The first kappa shape index (κ1) is 11.9. The van der Waals surface area contributed by atoms with Crippen molar-refractivity contribution >= 4 is 5.65 Å². The van der Waals surface area contributed by atoms with E-state index in [1.54, 1.807) is 0 Å². The minimum atomic E-state index is 0.423. The molecule has 2 N–H and O–H groups in total. The van der Waals surface area contributed by atoms with Crippen molar-refractivity contribution in [1.29, 1.82) is 0 Å². The molecule has 0 spiro atoms. The summed E-state index contributed by atoms with van der Waals surface area (Å²) in [6, 6.07) is 3.92. The second-order valence-corrected chi connectivity index (χ2v) is 4.41. The molecule has 4 nitrogen and oxygen atoms in total. The maximum absolute atomic E-state index is 5.69. The van der Waals surface area contributed by atoms with Crippen molar-refractivity contribution in [2.45, 2.75) is 26.2 Å². The summed E-state index contributed by atoms with van der Waals surface area (Å²) in [5, 5.41) is 0. The van der Waals surface area contributed by atoms with Crippen LogP contribution in [0.4, 0.5) is 0 Å². The summed E-state index contributed by atoms with van der Waals surface area (Å²) in [4.78, 5) is 4.60. The zero-order valence-corrected chi connectivity index (χ0v) is 10.4. The van der Waals surface area contributed by atoms with Gasteiger partial charge in [-0.1, -0.05) is 13.8 Å². The number of pyridine rings is 1. The third-order valence-electron chi connectivity index (χ3n) is 2.66. The predicted octanol–water partition coefficient (Wildman–Crippen LogP) is 2.19. The molecule has 2 rings (SSSR count). The second kappa shape index (κ2) is 5.19. The SMILES string of the molecule is CC(C)c1cn2cccc(OCCCN)c2n1. The van der Waals surface area contributed by atoms with Crippen molar-refractivity contribution in [1.82, 2.24) is 9.38 Å². The maximum atomic E-state index is 5.69. The number of ether oxygens (including phenoxy) is 1. The highest BCUT2D eigenvalue weighted by Crippen LogP contribution is 2.22. The van der Waals surface area contributed by atoms with E-state index in [4.69, 9.17) is 10.5 Å². The summed E-state index contributed by atoms with van der Waals surface area (Å²) in [7, 11) is 0. The lowest BCUT2D eigenvalue weighted by molar-refractivity contribution is 0.315. The van der Waals surface area contributed by atoms with Crippen LogP contribution in [-0.2, 0) is 0 Å². The second-order valence-electron chi connectivity index (χ2n) is 4.41. The summed E-state index contributed by atoms with van der Waals surface area (Å²) in [5.74, 6) is 1.25. The zero-order valence-electron chi connectivity index (χ0n) is 10.4. The summed E-state index contributed by atoms with van der Waals surface area (Å²) < 4.78 is 7.70. The Bertz CT molecular complexity index is 490. The van der Waals surface area contributed by atoms with Gasteiger partial charge < -0.3 is 14.9 Å². The van der Waals surface area contributed by atoms with E-state index in [9.17, 15) is 0 Å². The van der Waals surface area contributed by atoms with Gasteiger partial charge in [0.05, 0.1) is 12.3 Å². The minimum absolute atomic E-state index is 0.423. The highest BCUT2D eigenvalue weighted by atomic mass is 16.5. The van der Waals surface area contributed by atoms with E-state index in [0.29, 0.717) is 19.1 Å². The van der Waals surface area contributed by atoms with Crippen LogP contribution in [0.2, 0.25) is 0 Å². The van der Waals surface area contributed by atoms with Gasteiger partial charge in [0.15, 0.2) is 11.4 Å². The first-order chi connectivity index (χ1) is 8.22. The monoisotopic (exact) mass is 233 g/mol. The fourth-order valence-electron chi connectivity index (χ4n) is 1.66. The van der Waals surface area contributed by atoms with E-state index in [1.807, 2.05) is 22.7 Å². The van der Waals surface area contributed by atoms with Gasteiger partial charge in [0.25, 0.3) is 0 Å². The Hall–Kier alpha value is -1.55. The molecule has 0 saturated carbocycles. The number of imidazole rings is 1. The molecule has 0 aromatic carbocycles. The Morgan fingerprint density at radius 2 is 2.29 bits per heavy atom. The third-order valence-corrected chi connectivity index (χ3v) is 2.66. The topological polar surface area (TPSA) is 52.5 Å². The summed E-state index contributed by atoms with van der Waals surface area (Å²) >= 11 is 0. The number of aromatic nitrogens is 2. The van der Waals surface area contributed by atoms with Crippen molar-refractivity contribution < 1.29 is 4.74 Å². The van der Waals surface area contributed by atoms with Crippen LogP contribution in [0.15, 0.2) is 24.5 Å². The summed E-state index contributed by atoms with van der Waals surface area (Å²) in [6.45, 7) is 5.56. The lowest BCUT2D eigenvalue weighted by Crippen LogP contribution is -2.06. The van der Waals surface area contributed by atoms with E-state index in [1.165, 1.54) is 0 Å². The van der Waals surface area contributed by atoms with Gasteiger partial charge in [0, 0.05) is 12.4 Å². The number of nitrogens with two attached hydrogens (primary N) is 1. The number of fused-ring (bicyclic) bond motifs is 1. The molecule has 0 atom stereocenters. The van der Waals surface area contributed by atoms with Gasteiger partial charge in [0.2, 0.25) is 0 Å². The van der Waals surface area contributed by atoms with Gasteiger partial charge in [-0.05, 0) is 31.0 Å². The normalized spacial score (nSPS) is 11.3. The fourth-order valence-corrected chi connectivity index (χ4v) is 1.66. The van der Waals surface area contributed by atoms with Crippen LogP contribution in [0.25, 0.3) is 5.65 Å². The van der Waals surface area contributed by atoms with Crippen molar-refractivity contribution in [3.63, 3.8) is 0 Å². The molecule has 0 bridgehead atoms. The summed E-state index contributed by atoms with van der Waals surface area (Å²) in [6.07, 6.45) is 4.90. The van der Waals surface area contributed by atoms with Gasteiger partial charge in [-0.25, -0.2) is 4.98 Å². The molecular formula is C13H19N3O. The predicted molar refractivity (Wildman–Crippen MR) is 68.4 cm³/mol. The van der Waals surface area contributed by atoms with Crippen LogP contribution in [-0.4, -0.2) is 22.5 Å². The first-order valence-electron chi connectivity index (χ1n) is 6.03. The van der Waals surface area contributed by atoms with Crippen molar-refractivity contribution in [2.75, 3.05) is 13.2 Å². The standard InChI is InChI=1S/C13H19N3O/c1-10(2)11-9-16-7-3-5-12(13(16)15-11)17-8-4-6-14/h3,5,7,9-10H,4,6,8,14H2,1-2H3. The lowest BCUT2D eigenvalue weighted by Gasteiger charge is -2.05. The van der Waals surface area contributed by atoms with Crippen molar-refractivity contribution in [2.24, 2.45) is 5.73 Å². The smallest absolute Gasteiger partial charge is 0.179 e. The molecule has 2 aromatic heterocycles. The third kappa shape index (κ3) is 2.58. The van der Waals surface area contributed by atoms with E-state index in [-0.39, 0.29) is 0 Å². The van der Waals surface area contributed by atoms with Crippen molar-refractivity contribution in [3.8, 4) is 5.75 Å². The molecule has 0 fully saturated rings. The fraction of sp³-hybridized carbons (Fsp3) is 0.462. The van der Waals surface area contributed by atoms with Gasteiger partial charge in [0.1, 0.15) is 0 Å². The Labute approximate surface area is 101 Å². The molecule has 4 heteroatoms. The molecule has 0 unspecified atom stereocenters. The van der Waals surface area contributed by atoms with Crippen LogP contribution >= 0.6 is 0 Å². The number of hydrogen-bond acceptors (Lipinski definition) is 3. The Morgan fingerprint density at radius 3 is 3.00 bits per heavy atom. The lowest BCUT2D eigenvalue weighted by atomic mass is 10.2. The van der Waals surface area contributed by atoms with Gasteiger partial charge >= 0.3 is 0 Å². The number of hydrogen-bond donors (Lipinski definition) is 1. The molecule has 2 heterocycles. The largest absolute Gasteiger partial charge is 0.490 e. The highest BCUT2D eigenvalue weighted by Gasteiger charge is 2.09. The number of nitrogens with zero attached hydrogens (tertiary/aromatic N) is 2. The van der Waals surface area contributed by atoms with Crippen LogP contribution in [0.3, 0.4) is 0 Å². The molecule has 17 heavy (non-hydrogen) atoms. The molecule has 0 radical (unpaired) electrons. The zero-order chi connectivity index (χ0) is 12.3. The minimum Gasteiger partial charge on any atom is -0.490 e. The van der Waals surface area contributed by atoms with Crippen molar-refractivity contribution in [3.05, 3.63) is 30.2 Å². The first-order valence-corrected chi connectivity index (χ1v) is 6.03. The van der Waals surface area contributed by atoms with Gasteiger partial charge in [-0.15, -0.1) is 0 Å². The molecule has 0 amide bonds. The molecule has 0 saturated heterocycles. The molecule has 92 valence electrons. The Morgan fingerprint density at radius 1 is 1.47 bits per heavy atom. The van der Waals surface area contributed by atoms with Gasteiger partial charge in [-0.2, -0.15) is 0 Å². The quantitative estimate of drug-likeness (QED) is 0.805. The molecule has 0 aliphatic carbocycles. The molecule has 2 aromatic rings. The summed E-state index contributed by atoms with van der Waals surface area (Å²) in [5.41, 5.74) is 7.41. The maximum Gasteiger partial charge on any atom is 0.179 e. The average Bonchev–Trinajstić information content (AvgIpc) is 2.74. The van der Waals surface area contributed by atoms with E-state index < -0.39 is 0 Å².